The van der Waals surface area contributed by atoms with E-state index in [1.165, 1.54) is 15.8 Å². The van der Waals surface area contributed by atoms with Crippen LogP contribution in [0.15, 0.2) is 28.9 Å². The van der Waals surface area contributed by atoms with Gasteiger partial charge < -0.3 is 20.3 Å². The van der Waals surface area contributed by atoms with Crippen molar-refractivity contribution in [2.75, 3.05) is 26.4 Å². The van der Waals surface area contributed by atoms with Crippen LogP contribution in [0.3, 0.4) is 0 Å². The van der Waals surface area contributed by atoms with E-state index in [1.807, 2.05) is 33.0 Å². The van der Waals surface area contributed by atoms with Crippen molar-refractivity contribution in [3.63, 3.8) is 0 Å². The lowest BCUT2D eigenvalue weighted by Crippen LogP contribution is -2.71. The van der Waals surface area contributed by atoms with Crippen molar-refractivity contribution in [2.24, 2.45) is 17.8 Å². The molecule has 7 rings (SSSR count). The number of nitrogens with one attached hydrogen (secondary N) is 2. The van der Waals surface area contributed by atoms with Crippen LogP contribution in [-0.2, 0) is 35.7 Å². The minimum atomic E-state index is -3.67. The molecule has 0 bridgehead atoms. The van der Waals surface area contributed by atoms with Crippen molar-refractivity contribution in [1.82, 2.24) is 25.0 Å². The second-order valence-electron chi connectivity index (χ2n) is 14.4. The van der Waals surface area contributed by atoms with E-state index in [-0.39, 0.29) is 23.8 Å². The molecule has 48 heavy (non-hydrogen) atoms. The summed E-state index contributed by atoms with van der Waals surface area (Å²) in [5, 5.41) is 16.3. The fraction of sp³-hybridized carbons (Fsp3) is 0.606. The molecule has 0 spiro atoms. The van der Waals surface area contributed by atoms with Gasteiger partial charge in [0.2, 0.25) is 17.5 Å². The van der Waals surface area contributed by atoms with Gasteiger partial charge in [0, 0.05) is 36.0 Å². The summed E-state index contributed by atoms with van der Waals surface area (Å²) >= 11 is 3.70. The first-order valence-electron chi connectivity index (χ1n) is 16.4. The number of aromatic amines is 1. The number of H-pyrrole nitrogens is 1. The third-order valence-electron chi connectivity index (χ3n) is 10.3. The van der Waals surface area contributed by atoms with Gasteiger partial charge in [0.1, 0.15) is 12.1 Å². The summed E-state index contributed by atoms with van der Waals surface area (Å²) in [6.45, 7) is 8.57. The molecule has 1 aliphatic carbocycles. The number of halogens is 1. The number of amides is 3. The number of fused-ring (bicyclic) bond motifs is 5. The lowest BCUT2D eigenvalue weighted by atomic mass is 9.79. The Morgan fingerprint density at radius 3 is 2.56 bits per heavy atom. The van der Waals surface area contributed by atoms with Crippen molar-refractivity contribution in [2.45, 2.75) is 83.1 Å². The van der Waals surface area contributed by atoms with Crippen LogP contribution >= 0.6 is 15.9 Å². The summed E-state index contributed by atoms with van der Waals surface area (Å²) in [6, 6.07) is 4.76. The molecule has 3 saturated heterocycles. The van der Waals surface area contributed by atoms with E-state index in [0.717, 1.165) is 34.1 Å². The number of aliphatic hydroxyl groups is 1. The predicted molar refractivity (Wildman–Crippen MR) is 182 cm³/mol. The smallest absolute Gasteiger partial charge is 0.281 e. The highest BCUT2D eigenvalue weighted by atomic mass is 79.9. The molecule has 1 aromatic heterocycles. The number of aromatic nitrogens is 1. The van der Waals surface area contributed by atoms with Gasteiger partial charge in [0.15, 0.2) is 0 Å². The molecule has 6 atom stereocenters. The summed E-state index contributed by atoms with van der Waals surface area (Å²) in [6.07, 6.45) is 5.20. The Kier molecular flexibility index (Phi) is 8.90. The van der Waals surface area contributed by atoms with Crippen LogP contribution in [0, 0.1) is 17.8 Å². The summed E-state index contributed by atoms with van der Waals surface area (Å²) in [7, 11) is -1.64. The van der Waals surface area contributed by atoms with Gasteiger partial charge in [0.25, 0.3) is 21.9 Å². The van der Waals surface area contributed by atoms with E-state index in [2.05, 4.69) is 43.3 Å². The van der Waals surface area contributed by atoms with Crippen LogP contribution in [0.5, 0.6) is 0 Å². The van der Waals surface area contributed by atoms with E-state index in [9.17, 15) is 27.9 Å². The number of carbonyl (C=O) groups is 3. The number of hydrogen-bond acceptors (Lipinski definition) is 8. The van der Waals surface area contributed by atoms with Crippen molar-refractivity contribution < 1.29 is 37.2 Å². The Morgan fingerprint density at radius 1 is 1.23 bits per heavy atom. The van der Waals surface area contributed by atoms with Gasteiger partial charge in [0.05, 0.1) is 16.8 Å². The Morgan fingerprint density at radius 2 is 1.92 bits per heavy atom. The quantitative estimate of drug-likeness (QED) is 0.336. The number of rotatable bonds is 5. The Labute approximate surface area is 288 Å². The summed E-state index contributed by atoms with van der Waals surface area (Å²) < 4.78 is 33.3. The highest BCUT2D eigenvalue weighted by molar-refractivity contribution is 9.10. The molecule has 2 aromatic rings. The van der Waals surface area contributed by atoms with E-state index in [1.54, 1.807) is 18.7 Å². The summed E-state index contributed by atoms with van der Waals surface area (Å²) in [5.74, 6) is -4.01. The average molecular weight is 751 g/mol. The molecule has 4 N–H and O–H groups in total. The number of nitrogens with zero attached hydrogens (tertiary/aromatic N) is 3. The molecule has 1 aromatic carbocycles. The van der Waals surface area contributed by atoms with Crippen molar-refractivity contribution in [1.29, 1.82) is 0 Å². The van der Waals surface area contributed by atoms with Gasteiger partial charge in [-0.05, 0) is 77.3 Å². The Bertz CT molecular complexity index is 1800. The summed E-state index contributed by atoms with van der Waals surface area (Å²) in [4.78, 5) is 50.8. The fourth-order valence-corrected chi connectivity index (χ4v) is 8.72. The lowest BCUT2D eigenvalue weighted by molar-refractivity contribution is -0.322. The SMILES string of the molecule is CC(C)C[C@H]1C(=O)N2CCCC2[C@]2(O)O[C@](NC(=O)[C@@H]3C=C4c5cccc6[nH]c(Br)c(c56)C[C@H]4N(C)C3)(C(C)C)C(=O)N12.CS(=O)(=O)O. The largest absolute Gasteiger partial charge is 0.349 e. The molecule has 3 fully saturated rings. The van der Waals surface area contributed by atoms with Crippen molar-refractivity contribution in [3.05, 3.63) is 40.0 Å². The zero-order valence-corrected chi connectivity index (χ0v) is 30.4. The minimum Gasteiger partial charge on any atom is -0.349 e. The first kappa shape index (κ1) is 35.0. The van der Waals surface area contributed by atoms with Gasteiger partial charge in [-0.3, -0.25) is 33.5 Å². The first-order valence-corrected chi connectivity index (χ1v) is 19.0. The molecular weight excluding hydrogens is 706 g/mol. The van der Waals surface area contributed by atoms with E-state index in [4.69, 9.17) is 9.29 Å². The lowest BCUT2D eigenvalue weighted by Gasteiger charge is -2.49. The maximum Gasteiger partial charge on any atom is 0.281 e. The Hall–Kier alpha value is -2.82. The summed E-state index contributed by atoms with van der Waals surface area (Å²) in [5.41, 5.74) is 2.68. The van der Waals surface area contributed by atoms with Gasteiger partial charge >= 0.3 is 0 Å². The van der Waals surface area contributed by atoms with Gasteiger partial charge in [-0.25, -0.2) is 0 Å². The number of benzene rings is 1. The third-order valence-corrected chi connectivity index (χ3v) is 10.9. The zero-order valence-electron chi connectivity index (χ0n) is 28.0. The maximum atomic E-state index is 14.4. The van der Waals surface area contributed by atoms with Crippen LogP contribution in [-0.4, -0.2) is 112 Å². The molecule has 1 unspecified atom stereocenters. The second-order valence-corrected chi connectivity index (χ2v) is 16.7. The molecule has 4 aliphatic heterocycles. The third kappa shape index (κ3) is 5.69. The van der Waals surface area contributed by atoms with Crippen LogP contribution in [0.1, 0.15) is 58.1 Å². The van der Waals surface area contributed by atoms with Crippen LogP contribution in [0.2, 0.25) is 0 Å². The molecule has 15 heteroatoms. The first-order chi connectivity index (χ1) is 22.4. The topological polar surface area (TPSA) is 173 Å². The molecule has 262 valence electrons. The van der Waals surface area contributed by atoms with Gasteiger partial charge in [-0.2, -0.15) is 8.42 Å². The zero-order chi connectivity index (χ0) is 35.1. The van der Waals surface area contributed by atoms with Gasteiger partial charge in [-0.15, -0.1) is 0 Å². The number of hydrogen-bond donors (Lipinski definition) is 4. The fourth-order valence-electron chi connectivity index (χ4n) is 8.15. The van der Waals surface area contributed by atoms with E-state index >= 15 is 0 Å². The van der Waals surface area contributed by atoms with Crippen LogP contribution in [0.25, 0.3) is 16.5 Å². The monoisotopic (exact) mass is 749 g/mol. The minimum absolute atomic E-state index is 0.104. The normalized spacial score (nSPS) is 31.4. The number of likely N-dealkylation sites (N-methyl/N-ethyl adjacent to an activating group) is 1. The molecule has 3 amide bonds. The van der Waals surface area contributed by atoms with E-state index in [0.29, 0.717) is 32.2 Å². The van der Waals surface area contributed by atoms with E-state index < -0.39 is 51.6 Å². The average Bonchev–Trinajstić information content (AvgIpc) is 3.66. The molecule has 13 nitrogen and oxygen atoms in total. The number of piperazine rings is 1. The Balaban J connectivity index is 0.000000749. The van der Waals surface area contributed by atoms with Gasteiger partial charge in [-0.1, -0.05) is 45.9 Å². The number of ether oxygens (including phenoxy) is 1. The number of carbonyl (C=O) groups excluding carboxylic acids is 3. The standard InChI is InChI=1S/C32H40BrN5O5.CH4O3S/c1-16(2)12-24-29(40)37-11-7-10-25(37)32(42)38(24)30(41)31(43-32,17(3)4)35-28(39)18-13-20-19-8-6-9-22-26(19)21(27(33)34-22)14-23(20)36(5)15-18;1-5(2,3)4/h6,8-9,13,16-18,23-25,34,42H,7,10-12,14-15H2,1-5H3,(H,35,39);1H3,(H,2,3,4)/t18-,23-,24+,25?,31-,32+;/m1./s1. The molecule has 0 radical (unpaired) electrons. The van der Waals surface area contributed by atoms with Crippen molar-refractivity contribution in [3.8, 4) is 0 Å². The highest BCUT2D eigenvalue weighted by Gasteiger charge is 2.72. The van der Waals surface area contributed by atoms with Crippen molar-refractivity contribution >= 4 is 60.2 Å². The maximum absolute atomic E-state index is 14.4. The van der Waals surface area contributed by atoms with Crippen LogP contribution in [0.4, 0.5) is 0 Å². The van der Waals surface area contributed by atoms with Crippen LogP contribution < -0.4 is 5.32 Å². The highest BCUT2D eigenvalue weighted by Crippen LogP contribution is 2.49. The molecule has 5 aliphatic rings. The molecule has 5 heterocycles. The predicted octanol–water partition coefficient (Wildman–Crippen LogP) is 2.70. The second kappa shape index (κ2) is 12.2. The molecular formula is C33H44BrN5O8S. The molecule has 0 saturated carbocycles.